The van der Waals surface area contributed by atoms with E-state index in [0.29, 0.717) is 24.5 Å². The van der Waals surface area contributed by atoms with Crippen molar-refractivity contribution in [2.75, 3.05) is 18.6 Å². The van der Waals surface area contributed by atoms with Crippen LogP contribution in [0.4, 0.5) is 10.6 Å². The summed E-state index contributed by atoms with van der Waals surface area (Å²) in [6.45, 7) is 2.69. The average molecular weight is 252 g/mol. The van der Waals surface area contributed by atoms with Gasteiger partial charge < -0.3 is 9.47 Å². The predicted molar refractivity (Wildman–Crippen MR) is 65.1 cm³/mol. The van der Waals surface area contributed by atoms with Crippen LogP contribution < -0.4 is 4.90 Å². The number of nitrogens with zero attached hydrogens (tertiary/aromatic N) is 2. The molecule has 1 rings (SSSR count). The van der Waals surface area contributed by atoms with Gasteiger partial charge in [-0.05, 0) is 12.5 Å². The highest BCUT2D eigenvalue weighted by molar-refractivity contribution is 5.86. The van der Waals surface area contributed by atoms with Crippen molar-refractivity contribution in [3.05, 3.63) is 23.9 Å². The molecule has 0 fully saturated rings. The molecular weight excluding hydrogens is 236 g/mol. The quantitative estimate of drug-likeness (QED) is 0.721. The fourth-order valence-electron chi connectivity index (χ4n) is 1.34. The molecular formula is C12H16N2O4. The van der Waals surface area contributed by atoms with E-state index in [2.05, 4.69) is 9.72 Å². The first-order valence-electron chi connectivity index (χ1n) is 5.60. The van der Waals surface area contributed by atoms with Crippen LogP contribution in [-0.2, 0) is 20.9 Å². The molecule has 0 saturated heterocycles. The van der Waals surface area contributed by atoms with Crippen molar-refractivity contribution in [2.45, 2.75) is 20.0 Å². The van der Waals surface area contributed by atoms with Gasteiger partial charge in [0.1, 0.15) is 12.4 Å². The number of amides is 1. The van der Waals surface area contributed by atoms with Crippen LogP contribution in [0.2, 0.25) is 0 Å². The lowest BCUT2D eigenvalue weighted by Gasteiger charge is -2.18. The number of ether oxygens (including phenoxy) is 2. The minimum Gasteiger partial charge on any atom is -0.463 e. The molecule has 6 nitrogen and oxygen atoms in total. The molecule has 0 spiro atoms. The number of pyridine rings is 1. The summed E-state index contributed by atoms with van der Waals surface area (Å²) in [5.74, 6) is 0.417. The highest BCUT2D eigenvalue weighted by Gasteiger charge is 2.16. The summed E-state index contributed by atoms with van der Waals surface area (Å²) in [6, 6.07) is 3.44. The zero-order chi connectivity index (χ0) is 13.4. The third kappa shape index (κ3) is 3.73. The van der Waals surface area contributed by atoms with E-state index in [-0.39, 0.29) is 6.61 Å². The van der Waals surface area contributed by atoms with Gasteiger partial charge in [-0.25, -0.2) is 9.78 Å². The summed E-state index contributed by atoms with van der Waals surface area (Å²) in [4.78, 5) is 27.2. The van der Waals surface area contributed by atoms with Crippen molar-refractivity contribution < 1.29 is 19.1 Å². The van der Waals surface area contributed by atoms with Crippen LogP contribution in [0.1, 0.15) is 18.9 Å². The number of hydrogen-bond acceptors (Lipinski definition) is 5. The minimum absolute atomic E-state index is 0.0675. The van der Waals surface area contributed by atoms with E-state index in [1.54, 1.807) is 25.4 Å². The van der Waals surface area contributed by atoms with Gasteiger partial charge in [0.15, 0.2) is 0 Å². The molecule has 1 aromatic heterocycles. The summed E-state index contributed by atoms with van der Waals surface area (Å²) in [5, 5.41) is 0. The molecule has 0 atom stereocenters. The van der Waals surface area contributed by atoms with Crippen LogP contribution in [0.5, 0.6) is 0 Å². The Bertz CT molecular complexity index is 409. The molecule has 0 bridgehead atoms. The van der Waals surface area contributed by atoms with Crippen molar-refractivity contribution in [3.63, 3.8) is 0 Å². The van der Waals surface area contributed by atoms with Crippen LogP contribution in [0.3, 0.4) is 0 Å². The number of anilines is 1. The molecule has 1 aromatic rings. The van der Waals surface area contributed by atoms with Gasteiger partial charge in [-0.15, -0.1) is 0 Å². The minimum atomic E-state index is -0.483. The Balaban J connectivity index is 2.80. The summed E-state index contributed by atoms with van der Waals surface area (Å²) in [6.07, 6.45) is 1.83. The average Bonchev–Trinajstić information content (AvgIpc) is 2.42. The summed E-state index contributed by atoms with van der Waals surface area (Å²) < 4.78 is 9.68. The highest BCUT2D eigenvalue weighted by Crippen LogP contribution is 2.17. The molecule has 18 heavy (non-hydrogen) atoms. The maximum atomic E-state index is 11.7. The zero-order valence-electron chi connectivity index (χ0n) is 10.5. The van der Waals surface area contributed by atoms with E-state index in [9.17, 15) is 9.59 Å². The fraction of sp³-hybridized carbons (Fsp3) is 0.417. The zero-order valence-corrected chi connectivity index (χ0v) is 10.5. The van der Waals surface area contributed by atoms with Crippen LogP contribution in [0.25, 0.3) is 0 Å². The van der Waals surface area contributed by atoms with Gasteiger partial charge in [0, 0.05) is 18.8 Å². The molecule has 98 valence electrons. The molecule has 6 heteroatoms. The van der Waals surface area contributed by atoms with Crippen molar-refractivity contribution in [2.24, 2.45) is 0 Å². The van der Waals surface area contributed by atoms with Crippen LogP contribution in [0, 0.1) is 0 Å². The fourth-order valence-corrected chi connectivity index (χ4v) is 1.34. The van der Waals surface area contributed by atoms with E-state index < -0.39 is 6.09 Å². The Hall–Kier alpha value is -2.11. The smallest absolute Gasteiger partial charge is 0.415 e. The number of carbonyl (C=O) groups excluding carboxylic acids is 2. The Kier molecular flexibility index (Phi) is 5.63. The maximum absolute atomic E-state index is 11.7. The lowest BCUT2D eigenvalue weighted by atomic mass is 10.2. The van der Waals surface area contributed by atoms with Gasteiger partial charge in [-0.2, -0.15) is 0 Å². The standard InChI is InChI=1S/C12H16N2O4/c1-3-7-18-12(16)14(2)11-10(8-17-9-15)5-4-6-13-11/h4-6,9H,3,7-8H2,1-2H3. The van der Waals surface area contributed by atoms with Crippen LogP contribution in [-0.4, -0.2) is 31.2 Å². The molecule has 0 aliphatic rings. The second-order valence-electron chi connectivity index (χ2n) is 3.57. The molecule has 0 N–H and O–H groups in total. The summed E-state index contributed by atoms with van der Waals surface area (Å²) in [5.41, 5.74) is 0.639. The number of aromatic nitrogens is 1. The van der Waals surface area contributed by atoms with Gasteiger partial charge in [-0.1, -0.05) is 13.0 Å². The molecule has 0 aliphatic carbocycles. The van der Waals surface area contributed by atoms with E-state index >= 15 is 0 Å². The SMILES string of the molecule is CCCOC(=O)N(C)c1ncccc1COC=O. The van der Waals surface area contributed by atoms with E-state index in [1.165, 1.54) is 4.90 Å². The molecule has 0 radical (unpaired) electrons. The molecule has 0 aromatic carbocycles. The van der Waals surface area contributed by atoms with E-state index in [1.807, 2.05) is 6.92 Å². The first kappa shape index (κ1) is 14.0. The second-order valence-corrected chi connectivity index (χ2v) is 3.57. The van der Waals surface area contributed by atoms with Gasteiger partial charge >= 0.3 is 6.09 Å². The Morgan fingerprint density at radius 1 is 1.56 bits per heavy atom. The lowest BCUT2D eigenvalue weighted by molar-refractivity contribution is -0.129. The van der Waals surface area contributed by atoms with E-state index in [0.717, 1.165) is 6.42 Å². The Labute approximate surface area is 106 Å². The molecule has 0 saturated carbocycles. The third-order valence-corrected chi connectivity index (χ3v) is 2.20. The molecule has 0 aliphatic heterocycles. The summed E-state index contributed by atoms with van der Waals surface area (Å²) >= 11 is 0. The van der Waals surface area contributed by atoms with Gasteiger partial charge in [0.25, 0.3) is 6.47 Å². The van der Waals surface area contributed by atoms with Gasteiger partial charge in [0.2, 0.25) is 0 Å². The summed E-state index contributed by atoms with van der Waals surface area (Å²) in [7, 11) is 1.56. The van der Waals surface area contributed by atoms with Crippen LogP contribution >= 0.6 is 0 Å². The Morgan fingerprint density at radius 2 is 2.33 bits per heavy atom. The molecule has 0 unspecified atom stereocenters. The highest BCUT2D eigenvalue weighted by atomic mass is 16.6. The second kappa shape index (κ2) is 7.26. The van der Waals surface area contributed by atoms with Gasteiger partial charge in [0.05, 0.1) is 6.61 Å². The first-order chi connectivity index (χ1) is 8.70. The normalized spacial score (nSPS) is 9.67. The van der Waals surface area contributed by atoms with Gasteiger partial charge in [-0.3, -0.25) is 9.69 Å². The van der Waals surface area contributed by atoms with Crippen LogP contribution in [0.15, 0.2) is 18.3 Å². The van der Waals surface area contributed by atoms with Crippen molar-refractivity contribution >= 4 is 18.4 Å². The maximum Gasteiger partial charge on any atom is 0.415 e. The monoisotopic (exact) mass is 252 g/mol. The topological polar surface area (TPSA) is 68.7 Å². The van der Waals surface area contributed by atoms with Crippen molar-refractivity contribution in [1.29, 1.82) is 0 Å². The molecule has 1 amide bonds. The number of carbonyl (C=O) groups is 2. The number of hydrogen-bond donors (Lipinski definition) is 0. The number of rotatable bonds is 6. The molecule has 1 heterocycles. The predicted octanol–water partition coefficient (Wildman–Crippen LogP) is 1.74. The third-order valence-electron chi connectivity index (χ3n) is 2.20. The van der Waals surface area contributed by atoms with Crippen molar-refractivity contribution in [1.82, 2.24) is 4.98 Å². The first-order valence-corrected chi connectivity index (χ1v) is 5.60. The lowest BCUT2D eigenvalue weighted by Crippen LogP contribution is -2.29. The largest absolute Gasteiger partial charge is 0.463 e. The Morgan fingerprint density at radius 3 is 3.00 bits per heavy atom. The van der Waals surface area contributed by atoms with E-state index in [4.69, 9.17) is 4.74 Å². The van der Waals surface area contributed by atoms with Crippen molar-refractivity contribution in [3.8, 4) is 0 Å².